The van der Waals surface area contributed by atoms with E-state index in [0.717, 1.165) is 35.5 Å². The van der Waals surface area contributed by atoms with Gasteiger partial charge in [0.1, 0.15) is 18.5 Å². The molecule has 0 fully saturated rings. The minimum atomic E-state index is -0.607. The van der Waals surface area contributed by atoms with Gasteiger partial charge in [-0.2, -0.15) is 0 Å². The maximum atomic E-state index is 10.5. The van der Waals surface area contributed by atoms with Gasteiger partial charge in [0.2, 0.25) is 0 Å². The minimum absolute atomic E-state index is 0.317. The molecule has 0 bridgehead atoms. The zero-order valence-corrected chi connectivity index (χ0v) is 16.9. The molecule has 0 saturated heterocycles. The first-order valence-electron chi connectivity index (χ1n) is 9.55. The van der Waals surface area contributed by atoms with E-state index in [9.17, 15) is 5.11 Å². The van der Waals surface area contributed by atoms with Crippen LogP contribution in [0.25, 0.3) is 10.1 Å². The maximum Gasteiger partial charge on any atom is 0.191 e. The molecule has 2 aromatic heterocycles. The fraction of sp³-hybridized carbons (Fsp3) is 0.381. The third-order valence-corrected chi connectivity index (χ3v) is 5.34. The molecule has 0 spiro atoms. The number of rotatable bonds is 10. The van der Waals surface area contributed by atoms with Crippen molar-refractivity contribution in [1.29, 1.82) is 0 Å². The lowest BCUT2D eigenvalue weighted by Crippen LogP contribution is -2.38. The van der Waals surface area contributed by atoms with Crippen LogP contribution in [0.3, 0.4) is 0 Å². The number of hydrogen-bond acceptors (Lipinski definition) is 5. The van der Waals surface area contributed by atoms with Gasteiger partial charge in [0.05, 0.1) is 12.8 Å². The number of guanidine groups is 1. The van der Waals surface area contributed by atoms with Crippen molar-refractivity contribution >= 4 is 27.4 Å². The van der Waals surface area contributed by atoms with Gasteiger partial charge in [-0.3, -0.25) is 4.99 Å². The number of nitrogens with zero attached hydrogens (tertiary/aromatic N) is 1. The van der Waals surface area contributed by atoms with Crippen molar-refractivity contribution in [3.05, 3.63) is 59.4 Å². The topological polar surface area (TPSA) is 79.0 Å². The number of aliphatic hydroxyl groups is 1. The Kier molecular flexibility index (Phi) is 7.90. The van der Waals surface area contributed by atoms with Crippen LogP contribution >= 0.6 is 11.3 Å². The summed E-state index contributed by atoms with van der Waals surface area (Å²) in [4.78, 5) is 5.45. The molecule has 1 unspecified atom stereocenters. The van der Waals surface area contributed by atoms with Crippen LogP contribution in [0.1, 0.15) is 30.1 Å². The SMILES string of the molecule is CCNC(=NCC(O)c1cc2ccccc2s1)NCCCOCc1ccco1. The van der Waals surface area contributed by atoms with Crippen LogP contribution in [0.2, 0.25) is 0 Å². The van der Waals surface area contributed by atoms with Crippen molar-refractivity contribution in [3.63, 3.8) is 0 Å². The van der Waals surface area contributed by atoms with Gasteiger partial charge in [0.25, 0.3) is 0 Å². The van der Waals surface area contributed by atoms with Gasteiger partial charge in [0.15, 0.2) is 5.96 Å². The Balaban J connectivity index is 1.42. The molecular weight excluding hydrogens is 374 g/mol. The summed E-state index contributed by atoms with van der Waals surface area (Å²) in [7, 11) is 0. The molecule has 0 saturated carbocycles. The molecule has 0 aliphatic rings. The Morgan fingerprint density at radius 2 is 2.14 bits per heavy atom. The van der Waals surface area contributed by atoms with Gasteiger partial charge in [-0.25, -0.2) is 0 Å². The van der Waals surface area contributed by atoms with E-state index >= 15 is 0 Å². The van der Waals surface area contributed by atoms with Gasteiger partial charge in [-0.1, -0.05) is 18.2 Å². The van der Waals surface area contributed by atoms with Gasteiger partial charge in [-0.15, -0.1) is 11.3 Å². The minimum Gasteiger partial charge on any atom is -0.467 e. The van der Waals surface area contributed by atoms with Crippen molar-refractivity contribution in [2.75, 3.05) is 26.2 Å². The summed E-state index contributed by atoms with van der Waals surface area (Å²) < 4.78 is 12.0. The average Bonchev–Trinajstić information content (AvgIpc) is 3.37. The van der Waals surface area contributed by atoms with Gasteiger partial charge >= 0.3 is 0 Å². The molecule has 7 heteroatoms. The number of hydrogen-bond donors (Lipinski definition) is 3. The quantitative estimate of drug-likeness (QED) is 0.274. The molecule has 28 heavy (non-hydrogen) atoms. The maximum absolute atomic E-state index is 10.5. The molecule has 0 radical (unpaired) electrons. The molecule has 0 amide bonds. The highest BCUT2D eigenvalue weighted by Crippen LogP contribution is 2.29. The summed E-state index contributed by atoms with van der Waals surface area (Å²) >= 11 is 1.61. The number of nitrogens with one attached hydrogen (secondary N) is 2. The lowest BCUT2D eigenvalue weighted by atomic mass is 10.2. The number of ether oxygens (including phenoxy) is 1. The predicted molar refractivity (Wildman–Crippen MR) is 114 cm³/mol. The fourth-order valence-corrected chi connectivity index (χ4v) is 3.77. The molecule has 3 aromatic rings. The lowest BCUT2D eigenvalue weighted by molar-refractivity contribution is 0.105. The van der Waals surface area contributed by atoms with Crippen molar-refractivity contribution < 1.29 is 14.3 Å². The number of aliphatic imine (C=N–C) groups is 1. The molecule has 0 aliphatic heterocycles. The molecule has 0 aliphatic carbocycles. The highest BCUT2D eigenvalue weighted by Gasteiger charge is 2.11. The van der Waals surface area contributed by atoms with Crippen LogP contribution in [-0.4, -0.2) is 37.3 Å². The van der Waals surface area contributed by atoms with Crippen LogP contribution < -0.4 is 10.6 Å². The van der Waals surface area contributed by atoms with Crippen LogP contribution in [0, 0.1) is 0 Å². The summed E-state index contributed by atoms with van der Waals surface area (Å²) in [6.45, 7) is 4.96. The molecular formula is C21H27N3O3S. The molecule has 1 aromatic carbocycles. The number of fused-ring (bicyclic) bond motifs is 1. The highest BCUT2D eigenvalue weighted by atomic mass is 32.1. The average molecular weight is 402 g/mol. The highest BCUT2D eigenvalue weighted by molar-refractivity contribution is 7.19. The van der Waals surface area contributed by atoms with E-state index in [-0.39, 0.29) is 0 Å². The van der Waals surface area contributed by atoms with Crippen molar-refractivity contribution in [2.24, 2.45) is 4.99 Å². The van der Waals surface area contributed by atoms with Gasteiger partial charge in [0, 0.05) is 29.3 Å². The molecule has 1 atom stereocenters. The second-order valence-electron chi connectivity index (χ2n) is 6.33. The fourth-order valence-electron chi connectivity index (χ4n) is 2.72. The first kappa shape index (κ1) is 20.4. The van der Waals surface area contributed by atoms with E-state index in [1.807, 2.05) is 37.3 Å². The lowest BCUT2D eigenvalue weighted by Gasteiger charge is -2.12. The van der Waals surface area contributed by atoms with E-state index in [1.165, 1.54) is 4.70 Å². The monoisotopic (exact) mass is 401 g/mol. The van der Waals surface area contributed by atoms with Crippen LogP contribution in [-0.2, 0) is 11.3 Å². The van der Waals surface area contributed by atoms with Crippen LogP contribution in [0.15, 0.2) is 58.1 Å². The van der Waals surface area contributed by atoms with Crippen molar-refractivity contribution in [3.8, 4) is 0 Å². The summed E-state index contributed by atoms with van der Waals surface area (Å²) in [6.07, 6.45) is 1.89. The van der Waals surface area contributed by atoms with E-state index in [0.29, 0.717) is 25.7 Å². The third kappa shape index (κ3) is 6.09. The van der Waals surface area contributed by atoms with Crippen molar-refractivity contribution in [1.82, 2.24) is 10.6 Å². The second-order valence-corrected chi connectivity index (χ2v) is 7.45. The first-order valence-corrected chi connectivity index (χ1v) is 10.4. The molecule has 3 N–H and O–H groups in total. The van der Waals surface area contributed by atoms with E-state index in [4.69, 9.17) is 9.15 Å². The number of furan rings is 1. The van der Waals surface area contributed by atoms with Gasteiger partial charge in [-0.05, 0) is 43.0 Å². The number of thiophene rings is 1. The molecule has 2 heterocycles. The second kappa shape index (κ2) is 10.8. The summed E-state index contributed by atoms with van der Waals surface area (Å²) in [5.41, 5.74) is 0. The van der Waals surface area contributed by atoms with E-state index in [2.05, 4.69) is 27.8 Å². The summed E-state index contributed by atoms with van der Waals surface area (Å²) in [5, 5.41) is 18.1. The Hall–Kier alpha value is -2.35. The zero-order chi connectivity index (χ0) is 19.6. The van der Waals surface area contributed by atoms with Crippen molar-refractivity contribution in [2.45, 2.75) is 26.1 Å². The summed E-state index contributed by atoms with van der Waals surface area (Å²) in [6, 6.07) is 13.9. The normalized spacial score (nSPS) is 13.0. The third-order valence-electron chi connectivity index (χ3n) is 4.12. The number of benzene rings is 1. The van der Waals surface area contributed by atoms with Crippen LogP contribution in [0.5, 0.6) is 0 Å². The predicted octanol–water partition coefficient (Wildman–Crippen LogP) is 3.69. The Labute approximate surface area is 169 Å². The molecule has 3 rings (SSSR count). The van der Waals surface area contributed by atoms with Gasteiger partial charge < -0.3 is 24.9 Å². The largest absolute Gasteiger partial charge is 0.467 e. The van der Waals surface area contributed by atoms with Crippen LogP contribution in [0.4, 0.5) is 0 Å². The van der Waals surface area contributed by atoms with E-state index < -0.39 is 6.10 Å². The first-order chi connectivity index (χ1) is 13.8. The molecule has 150 valence electrons. The Morgan fingerprint density at radius 3 is 2.93 bits per heavy atom. The summed E-state index contributed by atoms with van der Waals surface area (Å²) in [5.74, 6) is 1.53. The zero-order valence-electron chi connectivity index (χ0n) is 16.1. The molecule has 6 nitrogen and oxygen atoms in total. The number of aliphatic hydroxyl groups excluding tert-OH is 1. The smallest absolute Gasteiger partial charge is 0.191 e. The Bertz CT molecular complexity index is 828. The Morgan fingerprint density at radius 1 is 1.25 bits per heavy atom. The van der Waals surface area contributed by atoms with E-state index in [1.54, 1.807) is 17.6 Å². The standard InChI is InChI=1S/C21H27N3O3S/c1-2-22-21(23-10-6-11-26-15-17-8-5-12-27-17)24-14-18(25)20-13-16-7-3-4-9-19(16)28-20/h3-5,7-9,12-13,18,25H,2,6,10-11,14-15H2,1H3,(H2,22,23,24).